The molecule has 0 atom stereocenters. The predicted molar refractivity (Wildman–Crippen MR) is 71.6 cm³/mol. The van der Waals surface area contributed by atoms with Crippen LogP contribution in [0.15, 0.2) is 36.5 Å². The van der Waals surface area contributed by atoms with Gasteiger partial charge >= 0.3 is 5.97 Å². The number of hydrogen-bond donors (Lipinski definition) is 2. The minimum absolute atomic E-state index is 0.0652. The number of nitro groups is 1. The summed E-state index contributed by atoms with van der Waals surface area (Å²) in [5, 5.41) is 22.4. The molecule has 1 aromatic heterocycles. The molecule has 1 heterocycles. The highest BCUT2D eigenvalue weighted by Crippen LogP contribution is 2.25. The number of aromatic carboxylic acids is 1. The van der Waals surface area contributed by atoms with Crippen molar-refractivity contribution in [3.8, 4) is 0 Å². The Kier molecular flexibility index (Phi) is 4.07. The second kappa shape index (κ2) is 5.95. The first kappa shape index (κ1) is 14.4. The summed E-state index contributed by atoms with van der Waals surface area (Å²) < 4.78 is 13.0. The Morgan fingerprint density at radius 2 is 2.14 bits per heavy atom. The van der Waals surface area contributed by atoms with Crippen molar-refractivity contribution < 1.29 is 19.2 Å². The summed E-state index contributed by atoms with van der Waals surface area (Å²) >= 11 is 0. The Labute approximate surface area is 118 Å². The SMILES string of the molecule is O=C(O)c1ccnc(CNc2ccc(F)cc2[N+](=O)[O-])c1. The molecule has 2 rings (SSSR count). The van der Waals surface area contributed by atoms with E-state index in [1.807, 2.05) is 0 Å². The number of anilines is 1. The minimum Gasteiger partial charge on any atom is -0.478 e. The van der Waals surface area contributed by atoms with Gasteiger partial charge < -0.3 is 10.4 Å². The first-order valence-corrected chi connectivity index (χ1v) is 5.83. The third-order valence-electron chi connectivity index (χ3n) is 2.68. The topological polar surface area (TPSA) is 105 Å². The van der Waals surface area contributed by atoms with E-state index in [2.05, 4.69) is 10.3 Å². The van der Waals surface area contributed by atoms with Crippen molar-refractivity contribution in [3.05, 3.63) is 63.7 Å². The van der Waals surface area contributed by atoms with E-state index in [1.165, 1.54) is 24.4 Å². The summed E-state index contributed by atoms with van der Waals surface area (Å²) in [6, 6.07) is 5.84. The van der Waals surface area contributed by atoms with Crippen LogP contribution in [0, 0.1) is 15.9 Å². The molecule has 2 N–H and O–H groups in total. The maximum Gasteiger partial charge on any atom is 0.335 e. The number of benzene rings is 1. The molecule has 0 amide bonds. The molecule has 0 unspecified atom stereocenters. The standard InChI is InChI=1S/C13H10FN3O4/c14-9-1-2-11(12(6-9)17(20)21)16-7-10-5-8(13(18)19)3-4-15-10/h1-6,16H,7H2,(H,18,19). The van der Waals surface area contributed by atoms with Gasteiger partial charge in [-0.3, -0.25) is 15.1 Å². The monoisotopic (exact) mass is 291 g/mol. The van der Waals surface area contributed by atoms with E-state index in [0.29, 0.717) is 5.69 Å². The number of carboxylic acid groups (broad SMARTS) is 1. The molecule has 108 valence electrons. The summed E-state index contributed by atoms with van der Waals surface area (Å²) in [6.45, 7) is 0.0770. The summed E-state index contributed by atoms with van der Waals surface area (Å²) in [5.41, 5.74) is 0.192. The van der Waals surface area contributed by atoms with E-state index in [1.54, 1.807) is 0 Å². The molecule has 1 aromatic carbocycles. The van der Waals surface area contributed by atoms with Crippen LogP contribution in [0.3, 0.4) is 0 Å². The summed E-state index contributed by atoms with van der Waals surface area (Å²) in [4.78, 5) is 24.9. The van der Waals surface area contributed by atoms with E-state index in [9.17, 15) is 19.3 Å². The third kappa shape index (κ3) is 3.50. The number of carbonyl (C=O) groups is 1. The summed E-state index contributed by atoms with van der Waals surface area (Å²) in [6.07, 6.45) is 1.33. The maximum absolute atomic E-state index is 13.0. The largest absolute Gasteiger partial charge is 0.478 e. The molecule has 7 nitrogen and oxygen atoms in total. The number of nitrogens with zero attached hydrogens (tertiary/aromatic N) is 2. The molecular formula is C13H10FN3O4. The second-order valence-electron chi connectivity index (χ2n) is 4.11. The number of carboxylic acids is 1. The molecule has 0 aliphatic heterocycles. The number of nitrogens with one attached hydrogen (secondary N) is 1. The zero-order chi connectivity index (χ0) is 15.4. The number of nitro benzene ring substituents is 1. The fourth-order valence-electron chi connectivity index (χ4n) is 1.70. The van der Waals surface area contributed by atoms with Gasteiger partial charge in [-0.1, -0.05) is 0 Å². The van der Waals surface area contributed by atoms with Gasteiger partial charge in [0.15, 0.2) is 0 Å². The van der Waals surface area contributed by atoms with Gasteiger partial charge in [0.25, 0.3) is 5.69 Å². The van der Waals surface area contributed by atoms with Gasteiger partial charge in [-0.2, -0.15) is 0 Å². The zero-order valence-electron chi connectivity index (χ0n) is 10.6. The average Bonchev–Trinajstić information content (AvgIpc) is 2.46. The van der Waals surface area contributed by atoms with Crippen LogP contribution in [0.25, 0.3) is 0 Å². The van der Waals surface area contributed by atoms with E-state index in [-0.39, 0.29) is 17.8 Å². The first-order valence-electron chi connectivity index (χ1n) is 5.83. The molecule has 0 bridgehead atoms. The molecule has 0 aliphatic rings. The molecule has 8 heteroatoms. The highest BCUT2D eigenvalue weighted by Gasteiger charge is 2.15. The van der Waals surface area contributed by atoms with E-state index < -0.39 is 22.4 Å². The van der Waals surface area contributed by atoms with Gasteiger partial charge in [-0.05, 0) is 24.3 Å². The summed E-state index contributed by atoms with van der Waals surface area (Å²) in [7, 11) is 0. The van der Waals surface area contributed by atoms with Crippen LogP contribution in [0.5, 0.6) is 0 Å². The molecule has 2 aromatic rings. The summed E-state index contributed by atoms with van der Waals surface area (Å²) in [5.74, 6) is -1.80. The van der Waals surface area contributed by atoms with Crippen LogP contribution in [0.4, 0.5) is 15.8 Å². The number of aromatic nitrogens is 1. The Balaban J connectivity index is 2.18. The molecule has 0 spiro atoms. The molecular weight excluding hydrogens is 281 g/mol. The van der Waals surface area contributed by atoms with Gasteiger partial charge in [-0.25, -0.2) is 9.18 Å². The molecule has 21 heavy (non-hydrogen) atoms. The zero-order valence-corrected chi connectivity index (χ0v) is 10.6. The molecule has 0 fully saturated rings. The van der Waals surface area contributed by atoms with Crippen molar-refractivity contribution in [2.45, 2.75) is 6.54 Å². The van der Waals surface area contributed by atoms with Crippen molar-refractivity contribution in [3.63, 3.8) is 0 Å². The molecule has 0 aliphatic carbocycles. The van der Waals surface area contributed by atoms with Gasteiger partial charge in [-0.15, -0.1) is 0 Å². The number of halogens is 1. The molecule has 0 saturated heterocycles. The van der Waals surface area contributed by atoms with Crippen molar-refractivity contribution in [2.24, 2.45) is 0 Å². The third-order valence-corrected chi connectivity index (χ3v) is 2.68. The van der Waals surface area contributed by atoms with Crippen LogP contribution in [-0.2, 0) is 6.54 Å². The van der Waals surface area contributed by atoms with Gasteiger partial charge in [0.05, 0.1) is 28.8 Å². The van der Waals surface area contributed by atoms with Crippen molar-refractivity contribution in [2.75, 3.05) is 5.32 Å². The van der Waals surface area contributed by atoms with Crippen molar-refractivity contribution in [1.29, 1.82) is 0 Å². The fraction of sp³-hybridized carbons (Fsp3) is 0.0769. The lowest BCUT2D eigenvalue weighted by molar-refractivity contribution is -0.384. The first-order chi connectivity index (χ1) is 9.97. The average molecular weight is 291 g/mol. The Morgan fingerprint density at radius 3 is 2.81 bits per heavy atom. The van der Waals surface area contributed by atoms with Crippen molar-refractivity contribution in [1.82, 2.24) is 4.98 Å². The normalized spacial score (nSPS) is 10.1. The lowest BCUT2D eigenvalue weighted by atomic mass is 10.2. The molecule has 0 saturated carbocycles. The van der Waals surface area contributed by atoms with Crippen LogP contribution in [0.2, 0.25) is 0 Å². The Bertz CT molecular complexity index is 706. The van der Waals surface area contributed by atoms with Crippen LogP contribution >= 0.6 is 0 Å². The highest BCUT2D eigenvalue weighted by molar-refractivity contribution is 5.87. The van der Waals surface area contributed by atoms with Gasteiger partial charge in [0, 0.05) is 6.20 Å². The smallest absolute Gasteiger partial charge is 0.335 e. The van der Waals surface area contributed by atoms with Crippen LogP contribution in [0.1, 0.15) is 16.1 Å². The Morgan fingerprint density at radius 1 is 1.38 bits per heavy atom. The minimum atomic E-state index is -1.09. The van der Waals surface area contributed by atoms with Crippen molar-refractivity contribution >= 4 is 17.3 Å². The van der Waals surface area contributed by atoms with E-state index in [4.69, 9.17) is 5.11 Å². The quantitative estimate of drug-likeness (QED) is 0.647. The van der Waals surface area contributed by atoms with Gasteiger partial charge in [0.2, 0.25) is 0 Å². The predicted octanol–water partition coefficient (Wildman–Crippen LogP) is 2.44. The lowest BCUT2D eigenvalue weighted by Crippen LogP contribution is -2.06. The lowest BCUT2D eigenvalue weighted by Gasteiger charge is -2.07. The van der Waals surface area contributed by atoms with Crippen LogP contribution < -0.4 is 5.32 Å². The second-order valence-corrected chi connectivity index (χ2v) is 4.11. The number of hydrogen-bond acceptors (Lipinski definition) is 5. The number of pyridine rings is 1. The van der Waals surface area contributed by atoms with E-state index in [0.717, 1.165) is 12.1 Å². The molecule has 0 radical (unpaired) electrons. The van der Waals surface area contributed by atoms with Gasteiger partial charge in [0.1, 0.15) is 11.5 Å². The Hall–Kier alpha value is -3.03. The maximum atomic E-state index is 13.0. The highest BCUT2D eigenvalue weighted by atomic mass is 19.1. The number of rotatable bonds is 5. The fourth-order valence-corrected chi connectivity index (χ4v) is 1.70. The van der Waals surface area contributed by atoms with E-state index >= 15 is 0 Å². The van der Waals surface area contributed by atoms with Crippen LogP contribution in [-0.4, -0.2) is 21.0 Å².